The Kier molecular flexibility index (Phi) is 4.62. The van der Waals surface area contributed by atoms with Gasteiger partial charge in [-0.25, -0.2) is 13.8 Å². The number of carbonyl (C=O) groups excluding carboxylic acids is 1. The number of para-hydroxylation sites is 2. The number of aromatic nitrogens is 2. The van der Waals surface area contributed by atoms with E-state index in [9.17, 15) is 18.8 Å². The van der Waals surface area contributed by atoms with Gasteiger partial charge in [0.05, 0.1) is 11.2 Å². The molecule has 0 aliphatic rings. The van der Waals surface area contributed by atoms with Gasteiger partial charge in [-0.05, 0) is 35.7 Å². The van der Waals surface area contributed by atoms with Gasteiger partial charge in [-0.15, -0.1) is 11.3 Å². The summed E-state index contributed by atoms with van der Waals surface area (Å²) in [5.74, 6) is -1.13. The van der Waals surface area contributed by atoms with Crippen molar-refractivity contribution in [2.75, 3.05) is 5.32 Å². The molecular formula is C20H14FN3O3S. The number of hydrogen-bond acceptors (Lipinski definition) is 4. The van der Waals surface area contributed by atoms with E-state index in [2.05, 4.69) is 5.32 Å². The molecule has 0 bridgehead atoms. The molecule has 6 nitrogen and oxygen atoms in total. The van der Waals surface area contributed by atoms with Crippen LogP contribution in [0.25, 0.3) is 15.9 Å². The second-order valence-electron chi connectivity index (χ2n) is 6.01. The maximum Gasteiger partial charge on any atom is 0.336 e. The van der Waals surface area contributed by atoms with Gasteiger partial charge in [0.1, 0.15) is 17.1 Å². The maximum absolute atomic E-state index is 14.3. The van der Waals surface area contributed by atoms with Gasteiger partial charge in [0.2, 0.25) is 5.91 Å². The molecule has 2 heterocycles. The van der Waals surface area contributed by atoms with Crippen LogP contribution in [0.5, 0.6) is 0 Å². The van der Waals surface area contributed by atoms with E-state index in [0.29, 0.717) is 11.2 Å². The lowest BCUT2D eigenvalue weighted by molar-refractivity contribution is -0.116. The van der Waals surface area contributed by atoms with E-state index >= 15 is 0 Å². The Morgan fingerprint density at radius 2 is 1.71 bits per heavy atom. The first-order valence-electron chi connectivity index (χ1n) is 8.39. The third-order valence-corrected chi connectivity index (χ3v) is 5.10. The van der Waals surface area contributed by atoms with Gasteiger partial charge in [0.25, 0.3) is 5.56 Å². The van der Waals surface area contributed by atoms with Gasteiger partial charge < -0.3 is 5.32 Å². The predicted molar refractivity (Wildman–Crippen MR) is 107 cm³/mol. The molecule has 0 spiro atoms. The van der Waals surface area contributed by atoms with Crippen LogP contribution in [-0.4, -0.2) is 15.0 Å². The van der Waals surface area contributed by atoms with Crippen LogP contribution in [0.15, 0.2) is 75.6 Å². The minimum absolute atomic E-state index is 0.148. The number of amides is 1. The summed E-state index contributed by atoms with van der Waals surface area (Å²) < 4.78 is 16.5. The zero-order chi connectivity index (χ0) is 19.7. The summed E-state index contributed by atoms with van der Waals surface area (Å²) in [5.41, 5.74) is -0.602. The standard InChI is InChI=1S/C20H14FN3O3S/c21-14-8-4-5-9-15(14)24-19(26)18-16(10-11-28-18)23(20(24)27)12-17(25)22-13-6-2-1-3-7-13/h1-11H,12H2,(H,22,25). The number of rotatable bonds is 4. The second-order valence-corrected chi connectivity index (χ2v) is 6.93. The Labute approximate surface area is 162 Å². The molecule has 140 valence electrons. The number of halogens is 1. The monoisotopic (exact) mass is 395 g/mol. The normalized spacial score (nSPS) is 10.9. The van der Waals surface area contributed by atoms with Gasteiger partial charge >= 0.3 is 5.69 Å². The van der Waals surface area contributed by atoms with Gasteiger partial charge in [-0.1, -0.05) is 30.3 Å². The molecule has 28 heavy (non-hydrogen) atoms. The summed E-state index contributed by atoms with van der Waals surface area (Å²) in [6, 6.07) is 16.0. The van der Waals surface area contributed by atoms with E-state index in [1.165, 1.54) is 28.8 Å². The quantitative estimate of drug-likeness (QED) is 0.577. The average Bonchev–Trinajstić information content (AvgIpc) is 3.17. The zero-order valence-corrected chi connectivity index (χ0v) is 15.3. The third-order valence-electron chi connectivity index (χ3n) is 4.21. The molecule has 0 saturated heterocycles. The van der Waals surface area contributed by atoms with Crippen LogP contribution in [-0.2, 0) is 11.3 Å². The molecule has 0 saturated carbocycles. The van der Waals surface area contributed by atoms with E-state index in [1.54, 1.807) is 35.7 Å². The van der Waals surface area contributed by atoms with Crippen LogP contribution in [0.4, 0.5) is 10.1 Å². The van der Waals surface area contributed by atoms with Crippen molar-refractivity contribution in [2.24, 2.45) is 0 Å². The fraction of sp³-hybridized carbons (Fsp3) is 0.0500. The smallest absolute Gasteiger partial charge is 0.325 e. The average molecular weight is 395 g/mol. The van der Waals surface area contributed by atoms with E-state index < -0.39 is 23.0 Å². The highest BCUT2D eigenvalue weighted by Gasteiger charge is 2.19. The topological polar surface area (TPSA) is 73.1 Å². The largest absolute Gasteiger partial charge is 0.336 e. The van der Waals surface area contributed by atoms with Crippen molar-refractivity contribution in [3.05, 3.63) is 92.7 Å². The van der Waals surface area contributed by atoms with Gasteiger partial charge in [-0.3, -0.25) is 14.2 Å². The molecule has 0 atom stereocenters. The first kappa shape index (κ1) is 17.9. The molecule has 4 rings (SSSR count). The lowest BCUT2D eigenvalue weighted by Crippen LogP contribution is -2.40. The molecule has 4 aromatic rings. The highest BCUT2D eigenvalue weighted by Crippen LogP contribution is 2.17. The summed E-state index contributed by atoms with van der Waals surface area (Å²) in [6.07, 6.45) is 0. The Morgan fingerprint density at radius 1 is 1.00 bits per heavy atom. The maximum atomic E-state index is 14.3. The first-order chi connectivity index (χ1) is 13.6. The van der Waals surface area contributed by atoms with Crippen molar-refractivity contribution in [3.63, 3.8) is 0 Å². The SMILES string of the molecule is O=C(Cn1c(=O)n(-c2ccccc2F)c(=O)c2sccc21)Nc1ccccc1. The van der Waals surface area contributed by atoms with Gasteiger partial charge in [0, 0.05) is 5.69 Å². The van der Waals surface area contributed by atoms with Gasteiger partial charge in [0.15, 0.2) is 0 Å². The number of nitrogens with zero attached hydrogens (tertiary/aromatic N) is 2. The molecule has 0 aliphatic carbocycles. The molecular weight excluding hydrogens is 381 g/mol. The molecule has 1 amide bonds. The summed E-state index contributed by atoms with van der Waals surface area (Å²) in [6.45, 7) is -0.310. The second kappa shape index (κ2) is 7.24. The number of fused-ring (bicyclic) bond motifs is 1. The van der Waals surface area contributed by atoms with Gasteiger partial charge in [-0.2, -0.15) is 0 Å². The highest BCUT2D eigenvalue weighted by molar-refractivity contribution is 7.17. The molecule has 0 aliphatic heterocycles. The van der Waals surface area contributed by atoms with Crippen molar-refractivity contribution in [3.8, 4) is 5.69 Å². The van der Waals surface area contributed by atoms with E-state index in [1.807, 2.05) is 6.07 Å². The minimum atomic E-state index is -0.774. The van der Waals surface area contributed by atoms with Crippen molar-refractivity contribution in [2.45, 2.75) is 6.54 Å². The van der Waals surface area contributed by atoms with Crippen molar-refractivity contribution < 1.29 is 9.18 Å². The zero-order valence-electron chi connectivity index (χ0n) is 14.5. The number of benzene rings is 2. The molecule has 8 heteroatoms. The minimum Gasteiger partial charge on any atom is -0.325 e. The number of anilines is 1. The molecule has 2 aromatic heterocycles. The van der Waals surface area contributed by atoms with Crippen LogP contribution in [0.2, 0.25) is 0 Å². The van der Waals surface area contributed by atoms with Crippen LogP contribution < -0.4 is 16.6 Å². The number of carbonyl (C=O) groups is 1. The summed E-state index contributed by atoms with van der Waals surface area (Å²) in [4.78, 5) is 38.3. The van der Waals surface area contributed by atoms with Crippen molar-refractivity contribution >= 4 is 33.1 Å². The molecule has 2 aromatic carbocycles. The van der Waals surface area contributed by atoms with E-state index in [0.717, 1.165) is 15.9 Å². The lowest BCUT2D eigenvalue weighted by Gasteiger charge is -2.13. The number of nitrogens with one attached hydrogen (secondary N) is 1. The molecule has 0 unspecified atom stereocenters. The Hall–Kier alpha value is -3.52. The first-order valence-corrected chi connectivity index (χ1v) is 9.27. The Balaban J connectivity index is 1.84. The summed E-state index contributed by atoms with van der Waals surface area (Å²) >= 11 is 1.14. The fourth-order valence-corrected chi connectivity index (χ4v) is 3.78. The molecule has 0 fully saturated rings. The van der Waals surface area contributed by atoms with Crippen LogP contribution in [0.1, 0.15) is 0 Å². The lowest BCUT2D eigenvalue weighted by atomic mass is 10.3. The highest BCUT2D eigenvalue weighted by atomic mass is 32.1. The van der Waals surface area contributed by atoms with Crippen molar-refractivity contribution in [1.29, 1.82) is 0 Å². The summed E-state index contributed by atoms with van der Waals surface area (Å²) in [5, 5.41) is 4.36. The Bertz CT molecular complexity index is 1290. The fourth-order valence-electron chi connectivity index (χ4n) is 2.95. The molecule has 1 N–H and O–H groups in total. The van der Waals surface area contributed by atoms with Crippen LogP contribution in [0, 0.1) is 5.82 Å². The third kappa shape index (κ3) is 3.14. The summed E-state index contributed by atoms with van der Waals surface area (Å²) in [7, 11) is 0. The predicted octanol–water partition coefficient (Wildman–Crippen LogP) is 2.99. The van der Waals surface area contributed by atoms with Crippen molar-refractivity contribution in [1.82, 2.24) is 9.13 Å². The number of thiophene rings is 1. The number of hydrogen-bond donors (Lipinski definition) is 1. The van der Waals surface area contributed by atoms with E-state index in [-0.39, 0.29) is 16.9 Å². The van der Waals surface area contributed by atoms with Crippen LogP contribution in [0.3, 0.4) is 0 Å². The van der Waals surface area contributed by atoms with Crippen LogP contribution >= 0.6 is 11.3 Å². The molecule has 0 radical (unpaired) electrons. The van der Waals surface area contributed by atoms with E-state index in [4.69, 9.17) is 0 Å². The Morgan fingerprint density at radius 3 is 2.46 bits per heavy atom.